The number of pyridine rings is 1. The molecule has 6 heterocycles. The van der Waals surface area contributed by atoms with Crippen molar-refractivity contribution in [2.24, 2.45) is 0 Å². The van der Waals surface area contributed by atoms with Gasteiger partial charge in [0.25, 0.3) is 0 Å². The van der Waals surface area contributed by atoms with Gasteiger partial charge < -0.3 is 14.7 Å². The first-order valence-corrected chi connectivity index (χ1v) is 17.5. The summed E-state index contributed by atoms with van der Waals surface area (Å²) in [5.74, 6) is -0.307. The molecule has 2 aliphatic heterocycles. The molecule has 0 unspecified atom stereocenters. The number of ether oxygens (including phenoxy) is 1. The molecule has 0 saturated carbocycles. The van der Waals surface area contributed by atoms with E-state index in [1.807, 2.05) is 47.3 Å². The van der Waals surface area contributed by atoms with Gasteiger partial charge in [-0.25, -0.2) is 14.8 Å². The largest absolute Gasteiger partial charge is 0.464 e. The number of nitrogens with zero attached hydrogens (tertiary/aromatic N) is 3. The van der Waals surface area contributed by atoms with Crippen LogP contribution in [0, 0.1) is 0 Å². The fraction of sp³-hybridized carbons (Fsp3) is 0.0435. The molecule has 2 aliphatic rings. The van der Waals surface area contributed by atoms with Gasteiger partial charge in [0, 0.05) is 56.5 Å². The number of hydrogen-bond donors (Lipinski definition) is 2. The molecule has 8 bridgehead atoms. The van der Waals surface area contributed by atoms with Crippen molar-refractivity contribution in [2.75, 3.05) is 7.11 Å². The van der Waals surface area contributed by atoms with Crippen LogP contribution in [0.1, 0.15) is 22.8 Å². The molecule has 9 rings (SSSR count). The van der Waals surface area contributed by atoms with Gasteiger partial charge in [-0.05, 0) is 70.8 Å². The van der Waals surface area contributed by atoms with E-state index < -0.39 is 0 Å². The third kappa shape index (κ3) is 6.04. The number of methoxy groups -OCH3 is 1. The summed E-state index contributed by atoms with van der Waals surface area (Å²) in [4.78, 5) is 30.3. The smallest absolute Gasteiger partial charge is 0.372 e. The molecule has 0 atom stereocenters. The van der Waals surface area contributed by atoms with Crippen molar-refractivity contribution in [2.45, 2.75) is 6.54 Å². The van der Waals surface area contributed by atoms with Crippen molar-refractivity contribution in [1.29, 1.82) is 0 Å². The molecule has 7 aromatic rings. The number of fused-ring (bicyclic) bond motifs is 8. The number of benzene rings is 3. The number of esters is 1. The molecule has 2 N–H and O–H groups in total. The number of hydrogen-bond acceptors (Lipinski definition) is 4. The predicted molar refractivity (Wildman–Crippen MR) is 213 cm³/mol. The number of aromatic nitrogens is 5. The Bertz CT molecular complexity index is 2590. The molecule has 7 heteroatoms. The normalized spacial score (nSPS) is 11.9. The number of nitrogens with one attached hydrogen (secondary N) is 2. The molecule has 4 aromatic heterocycles. The van der Waals surface area contributed by atoms with Crippen LogP contribution in [-0.2, 0) is 16.1 Å². The topological polar surface area (TPSA) is 87.5 Å². The third-order valence-corrected chi connectivity index (χ3v) is 9.66. The Morgan fingerprint density at radius 1 is 0.491 bits per heavy atom. The van der Waals surface area contributed by atoms with Gasteiger partial charge in [-0.15, -0.1) is 0 Å². The molecule has 53 heavy (non-hydrogen) atoms. The molecule has 0 amide bonds. The summed E-state index contributed by atoms with van der Waals surface area (Å²) in [7, 11) is 1.40. The van der Waals surface area contributed by atoms with Crippen molar-refractivity contribution < 1.29 is 14.1 Å². The highest BCUT2D eigenvalue weighted by atomic mass is 16.5. The molecule has 7 nitrogen and oxygen atoms in total. The minimum atomic E-state index is -0.307. The van der Waals surface area contributed by atoms with E-state index in [0.717, 1.165) is 89.4 Å². The number of carbonyl (C=O) groups is 1. The Kier molecular flexibility index (Phi) is 8.13. The lowest BCUT2D eigenvalue weighted by Gasteiger charge is -2.07. The Morgan fingerprint density at radius 2 is 0.849 bits per heavy atom. The van der Waals surface area contributed by atoms with Crippen LogP contribution >= 0.6 is 0 Å². The second-order valence-electron chi connectivity index (χ2n) is 12.9. The van der Waals surface area contributed by atoms with Crippen LogP contribution in [0.5, 0.6) is 0 Å². The summed E-state index contributed by atoms with van der Waals surface area (Å²) in [6.07, 6.45) is 12.2. The lowest BCUT2D eigenvalue weighted by molar-refractivity contribution is -0.685. The Balaban J connectivity index is 1.42. The molecule has 0 spiro atoms. The third-order valence-electron chi connectivity index (χ3n) is 9.66. The van der Waals surface area contributed by atoms with Crippen LogP contribution in [0.2, 0.25) is 0 Å². The van der Waals surface area contributed by atoms with Gasteiger partial charge in [-0.1, -0.05) is 91.0 Å². The highest BCUT2D eigenvalue weighted by Gasteiger charge is 2.19. The zero-order valence-corrected chi connectivity index (χ0v) is 29.0. The van der Waals surface area contributed by atoms with E-state index in [4.69, 9.17) is 14.7 Å². The number of rotatable bonds is 6. The summed E-state index contributed by atoms with van der Waals surface area (Å²) >= 11 is 0. The Labute approximate surface area is 306 Å². The van der Waals surface area contributed by atoms with Crippen LogP contribution < -0.4 is 4.57 Å². The SMILES string of the molecule is COC(=O)C[n+]1ccc(-c2c3ccc([nH]3)c(-c3ccccc3)c3nc(c(-c4ccccc4)c4nc(c(-c5ccccc5)c5ccc2[nH]5)C=C4)C=C3)cc1. The number of aromatic amines is 2. The standard InChI is InChI=1S/C46H33N5O2/c1-53-42(52)29-51-27-25-33(26-28-51)46-40-23-21-38(49-40)44(31-13-7-3-8-14-31)36-19-17-34(47-36)43(30-11-5-2-6-12-30)35-18-20-37(48-35)45(32-15-9-4-10-16-32)39-22-24-41(46)50-39/h2-28H,29H2,1H3,(H,47,48,49,50)/p+1. The summed E-state index contributed by atoms with van der Waals surface area (Å²) in [6, 6.07) is 43.7. The second kappa shape index (κ2) is 13.5. The Morgan fingerprint density at radius 3 is 1.26 bits per heavy atom. The van der Waals surface area contributed by atoms with Crippen molar-refractivity contribution >= 4 is 52.3 Å². The molecule has 254 valence electrons. The minimum absolute atomic E-state index is 0.128. The van der Waals surface area contributed by atoms with E-state index in [1.54, 1.807) is 0 Å². The van der Waals surface area contributed by atoms with Crippen LogP contribution in [0.25, 0.3) is 90.9 Å². The molecular formula is C46H34N5O2+. The molecular weight excluding hydrogens is 655 g/mol. The number of carbonyl (C=O) groups excluding carboxylic acids is 1. The van der Waals surface area contributed by atoms with E-state index in [0.29, 0.717) is 0 Å². The molecule has 3 aromatic carbocycles. The lowest BCUT2D eigenvalue weighted by Crippen LogP contribution is -2.37. The van der Waals surface area contributed by atoms with Crippen molar-refractivity contribution in [3.63, 3.8) is 0 Å². The lowest BCUT2D eigenvalue weighted by atomic mass is 10.0. The van der Waals surface area contributed by atoms with Crippen LogP contribution in [-0.4, -0.2) is 33.0 Å². The second-order valence-corrected chi connectivity index (χ2v) is 12.9. The van der Waals surface area contributed by atoms with Crippen molar-refractivity contribution in [3.05, 3.63) is 163 Å². The van der Waals surface area contributed by atoms with Gasteiger partial charge in [-0.2, -0.15) is 4.57 Å². The van der Waals surface area contributed by atoms with E-state index in [-0.39, 0.29) is 12.5 Å². The van der Waals surface area contributed by atoms with Crippen molar-refractivity contribution in [3.8, 4) is 44.5 Å². The van der Waals surface area contributed by atoms with E-state index in [9.17, 15) is 4.79 Å². The van der Waals surface area contributed by atoms with Gasteiger partial charge in [-0.3, -0.25) is 0 Å². The van der Waals surface area contributed by atoms with Gasteiger partial charge in [0.15, 0.2) is 12.4 Å². The first kappa shape index (κ1) is 31.8. The molecule has 0 radical (unpaired) electrons. The first-order chi connectivity index (χ1) is 26.1. The quantitative estimate of drug-likeness (QED) is 0.135. The van der Waals surface area contributed by atoms with E-state index >= 15 is 0 Å². The summed E-state index contributed by atoms with van der Waals surface area (Å²) in [5, 5.41) is 0. The zero-order chi connectivity index (χ0) is 35.7. The highest BCUT2D eigenvalue weighted by Crippen LogP contribution is 2.38. The maximum Gasteiger partial charge on any atom is 0.372 e. The number of H-pyrrole nitrogens is 2. The minimum Gasteiger partial charge on any atom is -0.464 e. The van der Waals surface area contributed by atoms with Crippen molar-refractivity contribution in [1.82, 2.24) is 19.9 Å². The average molecular weight is 689 g/mol. The van der Waals surface area contributed by atoms with E-state index in [2.05, 4.69) is 131 Å². The monoisotopic (exact) mass is 688 g/mol. The highest BCUT2D eigenvalue weighted by molar-refractivity contribution is 6.00. The average Bonchev–Trinajstić information content (AvgIpc) is 4.05. The summed E-state index contributed by atoms with van der Waals surface area (Å²) in [6.45, 7) is 0.128. The Hall–Kier alpha value is -7.12. The van der Waals surface area contributed by atoms with Gasteiger partial charge >= 0.3 is 5.97 Å². The van der Waals surface area contributed by atoms with Gasteiger partial charge in [0.1, 0.15) is 0 Å². The first-order valence-electron chi connectivity index (χ1n) is 17.5. The maximum absolute atomic E-state index is 12.0. The van der Waals surface area contributed by atoms with E-state index in [1.165, 1.54) is 7.11 Å². The fourth-order valence-electron chi connectivity index (χ4n) is 7.18. The summed E-state index contributed by atoms with van der Waals surface area (Å²) in [5.41, 5.74) is 15.2. The summed E-state index contributed by atoms with van der Waals surface area (Å²) < 4.78 is 6.71. The molecule has 0 aliphatic carbocycles. The molecule has 0 fully saturated rings. The van der Waals surface area contributed by atoms with Crippen LogP contribution in [0.3, 0.4) is 0 Å². The predicted octanol–water partition coefficient (Wildman–Crippen LogP) is 9.78. The fourth-order valence-corrected chi connectivity index (χ4v) is 7.18. The van der Waals surface area contributed by atoms with Gasteiger partial charge in [0.2, 0.25) is 6.54 Å². The van der Waals surface area contributed by atoms with Crippen LogP contribution in [0.4, 0.5) is 0 Å². The maximum atomic E-state index is 12.0. The van der Waals surface area contributed by atoms with Gasteiger partial charge in [0.05, 0.1) is 29.9 Å². The van der Waals surface area contributed by atoms with Crippen LogP contribution in [0.15, 0.2) is 140 Å². The zero-order valence-electron chi connectivity index (χ0n) is 29.0. The molecule has 0 saturated heterocycles.